The number of aliphatic carboxylic acids is 1. The van der Waals surface area contributed by atoms with Crippen LogP contribution >= 0.6 is 0 Å². The topological polar surface area (TPSA) is 91.8 Å². The maximum absolute atomic E-state index is 12.1. The van der Waals surface area contributed by atoms with Crippen LogP contribution in [0.4, 0.5) is 10.5 Å². The minimum absolute atomic E-state index is 0.207. The van der Waals surface area contributed by atoms with Gasteiger partial charge in [-0.2, -0.15) is 0 Å². The van der Waals surface area contributed by atoms with E-state index in [4.69, 9.17) is 9.84 Å². The molecule has 2 amide bonds. The lowest BCUT2D eigenvalue weighted by molar-refractivity contribution is -0.146. The molecule has 1 atom stereocenters. The number of rotatable bonds is 4. The summed E-state index contributed by atoms with van der Waals surface area (Å²) in [6, 6.07) is 3.05. The molecule has 2 rings (SSSR count). The van der Waals surface area contributed by atoms with Gasteiger partial charge in [0.25, 0.3) is 0 Å². The van der Waals surface area contributed by atoms with Gasteiger partial charge in [-0.05, 0) is 26.3 Å². The maximum Gasteiger partial charge on any atom is 0.321 e. The van der Waals surface area contributed by atoms with Crippen LogP contribution in [-0.2, 0) is 4.79 Å². The van der Waals surface area contributed by atoms with Crippen molar-refractivity contribution < 1.29 is 19.4 Å². The van der Waals surface area contributed by atoms with Crippen molar-refractivity contribution in [2.45, 2.75) is 20.3 Å². The summed E-state index contributed by atoms with van der Waals surface area (Å²) in [7, 11) is 0. The average Bonchev–Trinajstić information content (AvgIpc) is 2.85. The fraction of sp³-hybridized carbons (Fsp3) is 0.500. The lowest BCUT2D eigenvalue weighted by atomic mass is 9.90. The van der Waals surface area contributed by atoms with Crippen molar-refractivity contribution in [3.8, 4) is 5.88 Å². The Labute approximate surface area is 122 Å². The maximum atomic E-state index is 12.1. The number of aromatic nitrogens is 1. The van der Waals surface area contributed by atoms with E-state index in [0.29, 0.717) is 31.1 Å². The van der Waals surface area contributed by atoms with Gasteiger partial charge >= 0.3 is 12.0 Å². The zero-order valence-electron chi connectivity index (χ0n) is 12.1. The molecule has 1 aliphatic rings. The minimum atomic E-state index is -0.875. The van der Waals surface area contributed by atoms with Crippen molar-refractivity contribution in [1.82, 2.24) is 9.88 Å². The lowest BCUT2D eigenvalue weighted by Gasteiger charge is -2.20. The highest BCUT2D eigenvalue weighted by atomic mass is 16.5. The van der Waals surface area contributed by atoms with Crippen molar-refractivity contribution in [3.63, 3.8) is 0 Å². The molecule has 2 N–H and O–H groups in total. The fourth-order valence-electron chi connectivity index (χ4n) is 2.20. The smallest absolute Gasteiger partial charge is 0.321 e. The van der Waals surface area contributed by atoms with Crippen LogP contribution in [0.2, 0.25) is 0 Å². The third-order valence-electron chi connectivity index (χ3n) is 3.56. The Bertz CT molecular complexity index is 532. The molecular formula is C14H19N3O4. The Morgan fingerprint density at radius 1 is 1.52 bits per heavy atom. The highest BCUT2D eigenvalue weighted by molar-refractivity contribution is 5.90. The third-order valence-corrected chi connectivity index (χ3v) is 3.56. The second kappa shape index (κ2) is 5.99. The summed E-state index contributed by atoms with van der Waals surface area (Å²) < 4.78 is 5.22. The molecule has 0 aliphatic carbocycles. The largest absolute Gasteiger partial charge is 0.481 e. The van der Waals surface area contributed by atoms with E-state index >= 15 is 0 Å². The van der Waals surface area contributed by atoms with E-state index in [1.54, 1.807) is 19.1 Å². The zero-order chi connectivity index (χ0) is 15.5. The van der Waals surface area contributed by atoms with E-state index in [0.717, 1.165) is 0 Å². The van der Waals surface area contributed by atoms with Crippen LogP contribution in [0.1, 0.15) is 20.3 Å². The number of hydrogen-bond acceptors (Lipinski definition) is 4. The number of carboxylic acid groups (broad SMARTS) is 1. The summed E-state index contributed by atoms with van der Waals surface area (Å²) in [5.74, 6) is -0.379. The number of nitrogens with zero attached hydrogens (tertiary/aromatic N) is 2. The number of carbonyl (C=O) groups is 2. The number of anilines is 1. The van der Waals surface area contributed by atoms with Gasteiger partial charge in [0.1, 0.15) is 0 Å². The van der Waals surface area contributed by atoms with Crippen LogP contribution in [-0.4, -0.2) is 46.7 Å². The molecule has 0 bridgehead atoms. The number of carbonyl (C=O) groups excluding carboxylic acids is 1. The molecule has 0 saturated carbocycles. The molecule has 7 heteroatoms. The Kier molecular flexibility index (Phi) is 4.30. The quantitative estimate of drug-likeness (QED) is 0.883. The molecule has 1 aliphatic heterocycles. The van der Waals surface area contributed by atoms with E-state index < -0.39 is 11.4 Å². The first-order valence-electron chi connectivity index (χ1n) is 6.83. The van der Waals surface area contributed by atoms with E-state index in [9.17, 15) is 9.59 Å². The molecule has 1 aromatic heterocycles. The van der Waals surface area contributed by atoms with Crippen molar-refractivity contribution in [2.75, 3.05) is 25.0 Å². The first-order chi connectivity index (χ1) is 9.94. The standard InChI is InChI=1S/C14H19N3O4/c1-3-21-11-5-4-10(8-15-11)16-13(20)17-7-6-14(2,9-17)12(18)19/h4-5,8H,3,6-7,9H2,1-2H3,(H,16,20)(H,18,19). The normalized spacial score (nSPS) is 21.1. The van der Waals surface area contributed by atoms with Gasteiger partial charge < -0.3 is 20.1 Å². The monoisotopic (exact) mass is 293 g/mol. The molecule has 0 radical (unpaired) electrons. The van der Waals surface area contributed by atoms with Gasteiger partial charge in [0.2, 0.25) is 5.88 Å². The number of pyridine rings is 1. The summed E-state index contributed by atoms with van der Waals surface area (Å²) >= 11 is 0. The molecule has 1 fully saturated rings. The Morgan fingerprint density at radius 2 is 2.29 bits per heavy atom. The molecule has 1 unspecified atom stereocenters. The van der Waals surface area contributed by atoms with Gasteiger partial charge in [-0.3, -0.25) is 4.79 Å². The highest BCUT2D eigenvalue weighted by Crippen LogP contribution is 2.30. The molecule has 1 saturated heterocycles. The van der Waals surface area contributed by atoms with Crippen LogP contribution in [0.25, 0.3) is 0 Å². The lowest BCUT2D eigenvalue weighted by Crippen LogP contribution is -2.37. The van der Waals surface area contributed by atoms with Gasteiger partial charge in [0.15, 0.2) is 0 Å². The second-order valence-electron chi connectivity index (χ2n) is 5.29. The number of amides is 2. The van der Waals surface area contributed by atoms with Crippen molar-refractivity contribution >= 4 is 17.7 Å². The number of nitrogens with one attached hydrogen (secondary N) is 1. The van der Waals surface area contributed by atoms with Crippen LogP contribution in [0.5, 0.6) is 5.88 Å². The number of carboxylic acids is 1. The van der Waals surface area contributed by atoms with E-state index in [1.807, 2.05) is 6.92 Å². The summed E-state index contributed by atoms with van der Waals surface area (Å²) in [6.45, 7) is 4.68. The number of hydrogen-bond donors (Lipinski definition) is 2. The molecule has 7 nitrogen and oxygen atoms in total. The van der Waals surface area contributed by atoms with Crippen LogP contribution in [0.3, 0.4) is 0 Å². The molecular weight excluding hydrogens is 274 g/mol. The van der Waals surface area contributed by atoms with Gasteiger partial charge in [0.05, 0.1) is 23.9 Å². The summed E-state index contributed by atoms with van der Waals surface area (Å²) in [5, 5.41) is 11.9. The van der Waals surface area contributed by atoms with Gasteiger partial charge in [-0.1, -0.05) is 0 Å². The van der Waals surface area contributed by atoms with Crippen LogP contribution in [0.15, 0.2) is 18.3 Å². The third kappa shape index (κ3) is 3.42. The second-order valence-corrected chi connectivity index (χ2v) is 5.29. The average molecular weight is 293 g/mol. The van der Waals surface area contributed by atoms with Gasteiger partial charge in [0, 0.05) is 19.2 Å². The van der Waals surface area contributed by atoms with E-state index in [2.05, 4.69) is 10.3 Å². The Balaban J connectivity index is 1.94. The summed E-state index contributed by atoms with van der Waals surface area (Å²) in [6.07, 6.45) is 1.96. The van der Waals surface area contributed by atoms with Crippen LogP contribution < -0.4 is 10.1 Å². The minimum Gasteiger partial charge on any atom is -0.481 e. The molecule has 114 valence electrons. The SMILES string of the molecule is CCOc1ccc(NC(=O)N2CCC(C)(C(=O)O)C2)cn1. The van der Waals surface area contributed by atoms with E-state index in [-0.39, 0.29) is 12.6 Å². The molecule has 0 spiro atoms. The molecule has 1 aromatic rings. The first-order valence-corrected chi connectivity index (χ1v) is 6.83. The predicted molar refractivity (Wildman–Crippen MR) is 76.4 cm³/mol. The molecule has 21 heavy (non-hydrogen) atoms. The summed E-state index contributed by atoms with van der Waals surface area (Å²) in [4.78, 5) is 28.8. The molecule has 0 aromatic carbocycles. The fourth-order valence-corrected chi connectivity index (χ4v) is 2.20. The zero-order valence-corrected chi connectivity index (χ0v) is 12.1. The Hall–Kier alpha value is -2.31. The van der Waals surface area contributed by atoms with E-state index in [1.165, 1.54) is 11.1 Å². The van der Waals surface area contributed by atoms with Crippen molar-refractivity contribution in [1.29, 1.82) is 0 Å². The van der Waals surface area contributed by atoms with Gasteiger partial charge in [-0.15, -0.1) is 0 Å². The van der Waals surface area contributed by atoms with Crippen molar-refractivity contribution in [2.24, 2.45) is 5.41 Å². The Morgan fingerprint density at radius 3 is 2.81 bits per heavy atom. The van der Waals surface area contributed by atoms with Crippen LogP contribution in [0, 0.1) is 5.41 Å². The summed E-state index contributed by atoms with van der Waals surface area (Å²) in [5.41, 5.74) is -0.318. The molecule has 2 heterocycles. The highest BCUT2D eigenvalue weighted by Gasteiger charge is 2.42. The number of likely N-dealkylation sites (tertiary alicyclic amines) is 1. The predicted octanol–water partition coefficient (Wildman–Crippen LogP) is 1.81. The number of urea groups is 1. The number of ether oxygens (including phenoxy) is 1. The first kappa shape index (κ1) is 15.1. The van der Waals surface area contributed by atoms with Crippen molar-refractivity contribution in [3.05, 3.63) is 18.3 Å². The van der Waals surface area contributed by atoms with Gasteiger partial charge in [-0.25, -0.2) is 9.78 Å².